The maximum absolute atomic E-state index is 13.1. The molecular formula is C15H22FNO. The van der Waals surface area contributed by atoms with Gasteiger partial charge in [-0.25, -0.2) is 4.39 Å². The minimum absolute atomic E-state index is 0.172. The van der Waals surface area contributed by atoms with Crippen molar-refractivity contribution in [2.24, 2.45) is 0 Å². The van der Waals surface area contributed by atoms with E-state index in [0.717, 1.165) is 12.2 Å². The second-order valence-electron chi connectivity index (χ2n) is 5.18. The van der Waals surface area contributed by atoms with Gasteiger partial charge in [0.05, 0.1) is 6.61 Å². The van der Waals surface area contributed by atoms with Crippen LogP contribution in [0, 0.1) is 12.7 Å². The molecule has 1 aliphatic rings. The first-order chi connectivity index (χ1) is 8.66. The average Bonchev–Trinajstić information content (AvgIpc) is 2.36. The predicted molar refractivity (Wildman–Crippen MR) is 71.5 cm³/mol. The molecule has 1 heterocycles. The highest BCUT2D eigenvalue weighted by Gasteiger charge is 2.18. The lowest BCUT2D eigenvalue weighted by Crippen LogP contribution is -2.37. The van der Waals surface area contributed by atoms with Crippen molar-refractivity contribution >= 4 is 0 Å². The van der Waals surface area contributed by atoms with Gasteiger partial charge in [-0.3, -0.25) is 0 Å². The Morgan fingerprint density at radius 3 is 2.94 bits per heavy atom. The largest absolute Gasteiger partial charge is 0.494 e. The van der Waals surface area contributed by atoms with E-state index in [1.165, 1.54) is 31.9 Å². The van der Waals surface area contributed by atoms with Gasteiger partial charge in [-0.1, -0.05) is 6.42 Å². The summed E-state index contributed by atoms with van der Waals surface area (Å²) in [6.07, 6.45) is 4.95. The van der Waals surface area contributed by atoms with Crippen LogP contribution in [0.3, 0.4) is 0 Å². The van der Waals surface area contributed by atoms with Crippen LogP contribution in [-0.4, -0.2) is 31.1 Å². The fourth-order valence-electron chi connectivity index (χ4n) is 2.53. The molecule has 0 saturated carbocycles. The van der Waals surface area contributed by atoms with Gasteiger partial charge in [0.15, 0.2) is 0 Å². The Kier molecular flexibility index (Phi) is 4.59. The molecule has 0 N–H and O–H groups in total. The summed E-state index contributed by atoms with van der Waals surface area (Å²) in [7, 11) is 2.19. The Morgan fingerprint density at radius 2 is 2.22 bits per heavy atom. The highest BCUT2D eigenvalue weighted by Crippen LogP contribution is 2.19. The molecule has 18 heavy (non-hydrogen) atoms. The van der Waals surface area contributed by atoms with E-state index in [0.29, 0.717) is 18.2 Å². The molecular weight excluding hydrogens is 229 g/mol. The van der Waals surface area contributed by atoms with Gasteiger partial charge in [-0.05, 0) is 63.5 Å². The molecule has 0 bridgehead atoms. The summed E-state index contributed by atoms with van der Waals surface area (Å²) in [5.74, 6) is 0.599. The van der Waals surface area contributed by atoms with Gasteiger partial charge in [-0.2, -0.15) is 0 Å². The maximum Gasteiger partial charge on any atom is 0.126 e. The molecule has 1 aliphatic heterocycles. The van der Waals surface area contributed by atoms with Crippen LogP contribution in [0.5, 0.6) is 5.75 Å². The van der Waals surface area contributed by atoms with E-state index in [-0.39, 0.29) is 5.82 Å². The van der Waals surface area contributed by atoms with Crippen molar-refractivity contribution in [2.75, 3.05) is 20.2 Å². The monoisotopic (exact) mass is 251 g/mol. The number of halogens is 1. The molecule has 1 atom stereocenters. The van der Waals surface area contributed by atoms with Crippen LogP contribution >= 0.6 is 0 Å². The number of piperidine rings is 1. The second-order valence-corrected chi connectivity index (χ2v) is 5.18. The Hall–Kier alpha value is -1.09. The minimum atomic E-state index is -0.172. The number of likely N-dealkylation sites (tertiary alicyclic amines) is 1. The van der Waals surface area contributed by atoms with Crippen LogP contribution in [0.15, 0.2) is 18.2 Å². The van der Waals surface area contributed by atoms with E-state index >= 15 is 0 Å². The van der Waals surface area contributed by atoms with Gasteiger partial charge in [0.2, 0.25) is 0 Å². The summed E-state index contributed by atoms with van der Waals surface area (Å²) in [6, 6.07) is 5.57. The van der Waals surface area contributed by atoms with Crippen molar-refractivity contribution in [1.82, 2.24) is 4.90 Å². The zero-order chi connectivity index (χ0) is 13.0. The van der Waals surface area contributed by atoms with Gasteiger partial charge < -0.3 is 9.64 Å². The van der Waals surface area contributed by atoms with Gasteiger partial charge in [0.25, 0.3) is 0 Å². The van der Waals surface area contributed by atoms with E-state index in [4.69, 9.17) is 4.74 Å². The van der Waals surface area contributed by atoms with Crippen LogP contribution in [0.4, 0.5) is 4.39 Å². The normalized spacial score (nSPS) is 20.9. The third-order valence-electron chi connectivity index (χ3n) is 3.77. The number of benzene rings is 1. The number of hydrogen-bond donors (Lipinski definition) is 0. The average molecular weight is 251 g/mol. The van der Waals surface area contributed by atoms with Crippen LogP contribution in [0.1, 0.15) is 31.2 Å². The van der Waals surface area contributed by atoms with Crippen LogP contribution in [0.2, 0.25) is 0 Å². The highest BCUT2D eigenvalue weighted by molar-refractivity contribution is 5.28. The molecule has 2 rings (SSSR count). The summed E-state index contributed by atoms with van der Waals surface area (Å²) in [5.41, 5.74) is 0.641. The maximum atomic E-state index is 13.1. The van der Waals surface area contributed by atoms with E-state index in [9.17, 15) is 4.39 Å². The summed E-state index contributed by atoms with van der Waals surface area (Å²) in [6.45, 7) is 3.66. The number of aryl methyl sites for hydroxylation is 1. The van der Waals surface area contributed by atoms with Crippen molar-refractivity contribution < 1.29 is 9.13 Å². The molecule has 0 spiro atoms. The number of rotatable bonds is 4. The fourth-order valence-corrected chi connectivity index (χ4v) is 2.53. The first-order valence-electron chi connectivity index (χ1n) is 6.76. The number of nitrogens with zero attached hydrogens (tertiary/aromatic N) is 1. The summed E-state index contributed by atoms with van der Waals surface area (Å²) >= 11 is 0. The Bertz CT molecular complexity index is 394. The lowest BCUT2D eigenvalue weighted by molar-refractivity contribution is 0.153. The summed E-state index contributed by atoms with van der Waals surface area (Å²) in [5, 5.41) is 0. The first-order valence-corrected chi connectivity index (χ1v) is 6.76. The molecule has 1 aromatic carbocycles. The van der Waals surface area contributed by atoms with Gasteiger partial charge >= 0.3 is 0 Å². The number of hydrogen-bond acceptors (Lipinski definition) is 2. The van der Waals surface area contributed by atoms with Crippen LogP contribution < -0.4 is 4.74 Å². The molecule has 0 radical (unpaired) electrons. The standard InChI is InChI=1S/C15H22FNO/c1-12-11-14(6-7-15(12)16)18-10-8-13-5-3-4-9-17(13)2/h6-7,11,13H,3-5,8-10H2,1-2H3. The van der Waals surface area contributed by atoms with Crippen molar-refractivity contribution in [3.8, 4) is 5.75 Å². The summed E-state index contributed by atoms with van der Waals surface area (Å²) in [4.78, 5) is 2.42. The number of ether oxygens (including phenoxy) is 1. The summed E-state index contributed by atoms with van der Waals surface area (Å²) < 4.78 is 18.8. The topological polar surface area (TPSA) is 12.5 Å². The Balaban J connectivity index is 1.79. The molecule has 1 fully saturated rings. The molecule has 100 valence electrons. The quantitative estimate of drug-likeness (QED) is 0.813. The molecule has 1 saturated heterocycles. The van der Waals surface area contributed by atoms with Crippen LogP contribution in [0.25, 0.3) is 0 Å². The Labute approximate surface area is 109 Å². The fraction of sp³-hybridized carbons (Fsp3) is 0.600. The zero-order valence-corrected chi connectivity index (χ0v) is 11.3. The Morgan fingerprint density at radius 1 is 1.39 bits per heavy atom. The van der Waals surface area contributed by atoms with Gasteiger partial charge in [-0.15, -0.1) is 0 Å². The van der Waals surface area contributed by atoms with Crippen molar-refractivity contribution in [3.63, 3.8) is 0 Å². The van der Waals surface area contributed by atoms with E-state index in [1.54, 1.807) is 19.1 Å². The van der Waals surface area contributed by atoms with E-state index in [2.05, 4.69) is 11.9 Å². The van der Waals surface area contributed by atoms with Crippen molar-refractivity contribution in [3.05, 3.63) is 29.6 Å². The zero-order valence-electron chi connectivity index (χ0n) is 11.3. The molecule has 0 amide bonds. The SMILES string of the molecule is Cc1cc(OCCC2CCCCN2C)ccc1F. The predicted octanol–water partition coefficient (Wildman–Crippen LogP) is 3.39. The highest BCUT2D eigenvalue weighted by atomic mass is 19.1. The first kappa shape index (κ1) is 13.3. The molecule has 1 unspecified atom stereocenters. The second kappa shape index (κ2) is 6.19. The molecule has 0 aromatic heterocycles. The van der Waals surface area contributed by atoms with E-state index in [1.807, 2.05) is 0 Å². The lowest BCUT2D eigenvalue weighted by Gasteiger charge is -2.32. The third kappa shape index (κ3) is 3.45. The minimum Gasteiger partial charge on any atom is -0.494 e. The van der Waals surface area contributed by atoms with E-state index < -0.39 is 0 Å². The molecule has 0 aliphatic carbocycles. The molecule has 1 aromatic rings. The van der Waals surface area contributed by atoms with Crippen molar-refractivity contribution in [2.45, 2.75) is 38.6 Å². The smallest absolute Gasteiger partial charge is 0.126 e. The lowest BCUT2D eigenvalue weighted by atomic mass is 10.0. The third-order valence-corrected chi connectivity index (χ3v) is 3.77. The van der Waals surface area contributed by atoms with Gasteiger partial charge in [0.1, 0.15) is 11.6 Å². The molecule has 3 heteroatoms. The van der Waals surface area contributed by atoms with Crippen molar-refractivity contribution in [1.29, 1.82) is 0 Å². The van der Waals surface area contributed by atoms with Gasteiger partial charge in [0, 0.05) is 6.04 Å². The van der Waals surface area contributed by atoms with Crippen LogP contribution in [-0.2, 0) is 0 Å². The molecule has 2 nitrogen and oxygen atoms in total.